The van der Waals surface area contributed by atoms with Crippen molar-refractivity contribution in [2.24, 2.45) is 0 Å². The number of amides is 2. The summed E-state index contributed by atoms with van der Waals surface area (Å²) in [6.07, 6.45) is 4.28. The number of nitrogens with zero attached hydrogens (tertiary/aromatic N) is 2. The number of nitrogens with one attached hydrogen (secondary N) is 2. The molecule has 1 aliphatic heterocycles. The summed E-state index contributed by atoms with van der Waals surface area (Å²) in [6, 6.07) is 13.4. The lowest BCUT2D eigenvalue weighted by molar-refractivity contribution is -0.384. The van der Waals surface area contributed by atoms with E-state index in [2.05, 4.69) is 10.6 Å². The summed E-state index contributed by atoms with van der Waals surface area (Å²) in [5, 5.41) is 17.0. The number of hydrogen-bond donors (Lipinski definition) is 2. The minimum atomic E-state index is -0.433. The monoisotopic (exact) mass is 410 g/mol. The van der Waals surface area contributed by atoms with Gasteiger partial charge in [0.25, 0.3) is 17.5 Å². The van der Waals surface area contributed by atoms with Crippen molar-refractivity contribution in [3.63, 3.8) is 0 Å². The highest BCUT2D eigenvalue weighted by Gasteiger charge is 2.22. The molecule has 0 atom stereocenters. The molecule has 0 aromatic heterocycles. The first-order valence-electron chi connectivity index (χ1n) is 10.2. The number of nitro groups is 1. The molecule has 2 N–H and O–H groups in total. The minimum Gasteiger partial charge on any atom is -0.366 e. The average Bonchev–Trinajstić information content (AvgIpc) is 3.06. The second-order valence-electron chi connectivity index (χ2n) is 7.24. The van der Waals surface area contributed by atoms with Crippen LogP contribution in [-0.2, 0) is 0 Å². The van der Waals surface area contributed by atoms with Crippen molar-refractivity contribution in [3.8, 4) is 0 Å². The quantitative estimate of drug-likeness (QED) is 0.415. The number of benzene rings is 2. The molecule has 0 spiro atoms. The van der Waals surface area contributed by atoms with Crippen molar-refractivity contribution >= 4 is 23.2 Å². The number of hydrogen-bond acceptors (Lipinski definition) is 5. The lowest BCUT2D eigenvalue weighted by atomic mass is 10.1. The van der Waals surface area contributed by atoms with E-state index >= 15 is 0 Å². The maximum atomic E-state index is 12.4. The highest BCUT2D eigenvalue weighted by atomic mass is 16.6. The largest absolute Gasteiger partial charge is 0.366 e. The Balaban J connectivity index is 1.58. The number of carbonyl (C=O) groups excluding carboxylic acids is 2. The minimum absolute atomic E-state index is 0.0538. The number of carbonyl (C=O) groups is 2. The Labute approximate surface area is 175 Å². The lowest BCUT2D eigenvalue weighted by Gasteiger charge is -2.22. The molecule has 8 nitrogen and oxygen atoms in total. The highest BCUT2D eigenvalue weighted by Crippen LogP contribution is 2.31. The van der Waals surface area contributed by atoms with Crippen LogP contribution in [0.3, 0.4) is 0 Å². The Morgan fingerprint density at radius 3 is 2.07 bits per heavy atom. The Morgan fingerprint density at radius 2 is 1.47 bits per heavy atom. The van der Waals surface area contributed by atoms with E-state index in [1.165, 1.54) is 6.07 Å². The molecule has 0 bridgehead atoms. The zero-order valence-corrected chi connectivity index (χ0v) is 16.8. The van der Waals surface area contributed by atoms with Crippen molar-refractivity contribution in [2.75, 3.05) is 31.1 Å². The fraction of sp³-hybridized carbons (Fsp3) is 0.364. The van der Waals surface area contributed by atoms with Crippen molar-refractivity contribution in [1.29, 1.82) is 0 Å². The van der Waals surface area contributed by atoms with E-state index in [1.807, 2.05) is 11.0 Å². The van der Waals surface area contributed by atoms with Gasteiger partial charge in [0.15, 0.2) is 0 Å². The predicted molar refractivity (Wildman–Crippen MR) is 115 cm³/mol. The smallest absolute Gasteiger partial charge is 0.293 e. The first kappa shape index (κ1) is 21.3. The van der Waals surface area contributed by atoms with E-state index in [0.717, 1.165) is 38.8 Å². The topological polar surface area (TPSA) is 105 Å². The third-order valence-corrected chi connectivity index (χ3v) is 5.11. The Morgan fingerprint density at radius 1 is 0.867 bits per heavy atom. The molecule has 0 unspecified atom stereocenters. The zero-order valence-electron chi connectivity index (χ0n) is 16.8. The van der Waals surface area contributed by atoms with Crippen molar-refractivity contribution in [2.45, 2.75) is 25.7 Å². The zero-order chi connectivity index (χ0) is 21.3. The second-order valence-corrected chi connectivity index (χ2v) is 7.24. The van der Waals surface area contributed by atoms with Gasteiger partial charge in [-0.3, -0.25) is 19.7 Å². The Hall–Kier alpha value is -3.42. The third-order valence-electron chi connectivity index (χ3n) is 5.11. The average molecular weight is 410 g/mol. The van der Waals surface area contributed by atoms with Gasteiger partial charge in [-0.25, -0.2) is 0 Å². The van der Waals surface area contributed by atoms with Gasteiger partial charge in [0, 0.05) is 43.4 Å². The molecule has 1 saturated heterocycles. The molecule has 8 heteroatoms. The van der Waals surface area contributed by atoms with Crippen LogP contribution in [0.2, 0.25) is 0 Å². The van der Waals surface area contributed by atoms with Crippen molar-refractivity contribution < 1.29 is 14.5 Å². The first-order chi connectivity index (χ1) is 14.6. The van der Waals surface area contributed by atoms with Crippen LogP contribution >= 0.6 is 0 Å². The van der Waals surface area contributed by atoms with Crippen molar-refractivity contribution in [1.82, 2.24) is 10.6 Å². The van der Waals surface area contributed by atoms with Gasteiger partial charge in [-0.15, -0.1) is 0 Å². The molecule has 2 amide bonds. The van der Waals surface area contributed by atoms with Crippen LogP contribution in [0.15, 0.2) is 48.5 Å². The van der Waals surface area contributed by atoms with Gasteiger partial charge in [0.1, 0.15) is 5.69 Å². The first-order valence-corrected chi connectivity index (χ1v) is 10.2. The maximum absolute atomic E-state index is 12.4. The predicted octanol–water partition coefficient (Wildman–Crippen LogP) is 3.14. The van der Waals surface area contributed by atoms with E-state index in [9.17, 15) is 19.7 Å². The number of nitro benzene ring substituents is 1. The molecule has 0 aliphatic carbocycles. The van der Waals surface area contributed by atoms with Gasteiger partial charge in [-0.2, -0.15) is 0 Å². The molecular weight excluding hydrogens is 384 g/mol. The van der Waals surface area contributed by atoms with Crippen LogP contribution < -0.4 is 15.5 Å². The summed E-state index contributed by atoms with van der Waals surface area (Å²) >= 11 is 0. The van der Waals surface area contributed by atoms with Gasteiger partial charge >= 0.3 is 0 Å². The Kier molecular flexibility index (Phi) is 7.37. The van der Waals surface area contributed by atoms with Crippen LogP contribution in [0, 0.1) is 10.1 Å². The second kappa shape index (κ2) is 10.4. The van der Waals surface area contributed by atoms with Gasteiger partial charge in [0.2, 0.25) is 0 Å². The highest BCUT2D eigenvalue weighted by molar-refractivity contribution is 5.96. The molecule has 158 valence electrons. The van der Waals surface area contributed by atoms with Crippen LogP contribution in [0.1, 0.15) is 46.4 Å². The van der Waals surface area contributed by atoms with Gasteiger partial charge in [0.05, 0.1) is 4.92 Å². The van der Waals surface area contributed by atoms with E-state index in [-0.39, 0.29) is 30.2 Å². The summed E-state index contributed by atoms with van der Waals surface area (Å²) in [7, 11) is 0. The molecule has 0 radical (unpaired) electrons. The standard InChI is InChI=1S/C22H26N4O4/c27-21(17-8-4-3-5-9-17)23-12-13-24-22(28)18-10-11-19(20(16-18)26(29)30)25-14-6-1-2-7-15-25/h3-5,8-11,16H,1-2,6-7,12-15H2,(H,23,27)(H,24,28). The van der Waals surface area contributed by atoms with Gasteiger partial charge in [-0.05, 0) is 37.1 Å². The number of anilines is 1. The molecule has 2 aromatic rings. The molecule has 30 heavy (non-hydrogen) atoms. The summed E-state index contributed by atoms with van der Waals surface area (Å²) in [6.45, 7) is 2.05. The van der Waals surface area contributed by atoms with Gasteiger partial charge in [-0.1, -0.05) is 31.0 Å². The molecule has 1 heterocycles. The summed E-state index contributed by atoms with van der Waals surface area (Å²) in [5.41, 5.74) is 1.29. The van der Waals surface area contributed by atoms with Crippen molar-refractivity contribution in [3.05, 3.63) is 69.8 Å². The Bertz CT molecular complexity index is 893. The van der Waals surface area contributed by atoms with E-state index in [4.69, 9.17) is 0 Å². The molecule has 1 aliphatic rings. The summed E-state index contributed by atoms with van der Waals surface area (Å²) < 4.78 is 0. The van der Waals surface area contributed by atoms with Gasteiger partial charge < -0.3 is 15.5 Å². The molecule has 0 saturated carbocycles. The molecular formula is C22H26N4O4. The molecule has 3 rings (SSSR count). The summed E-state index contributed by atoms with van der Waals surface area (Å²) in [4.78, 5) is 37.6. The van der Waals surface area contributed by atoms with Crippen LogP contribution in [0.25, 0.3) is 0 Å². The molecule has 1 fully saturated rings. The molecule has 2 aromatic carbocycles. The summed E-state index contributed by atoms with van der Waals surface area (Å²) in [5.74, 6) is -0.628. The fourth-order valence-corrected chi connectivity index (χ4v) is 3.54. The van der Waals surface area contributed by atoms with Crippen LogP contribution in [-0.4, -0.2) is 42.9 Å². The maximum Gasteiger partial charge on any atom is 0.293 e. The van der Waals surface area contributed by atoms with Crippen LogP contribution in [0.5, 0.6) is 0 Å². The fourth-order valence-electron chi connectivity index (χ4n) is 3.54. The van der Waals surface area contributed by atoms with E-state index in [0.29, 0.717) is 11.3 Å². The lowest BCUT2D eigenvalue weighted by Crippen LogP contribution is -2.34. The van der Waals surface area contributed by atoms with E-state index in [1.54, 1.807) is 36.4 Å². The SMILES string of the molecule is O=C(NCCNC(=O)c1ccc(N2CCCCCC2)c([N+](=O)[O-])c1)c1ccccc1. The third kappa shape index (κ3) is 5.56. The number of rotatable bonds is 7. The van der Waals surface area contributed by atoms with Crippen LogP contribution in [0.4, 0.5) is 11.4 Å². The normalized spacial score (nSPS) is 13.9. The van der Waals surface area contributed by atoms with E-state index < -0.39 is 10.8 Å².